The fourth-order valence-corrected chi connectivity index (χ4v) is 2.17. The molecule has 0 saturated carbocycles. The van der Waals surface area contributed by atoms with E-state index in [2.05, 4.69) is 15.3 Å². The van der Waals surface area contributed by atoms with Crippen molar-refractivity contribution in [3.8, 4) is 0 Å². The van der Waals surface area contributed by atoms with Crippen LogP contribution in [0.3, 0.4) is 0 Å². The standard InChI is InChI=1S/C18H22N4O4/c1-18(2,3)26-17(25)12-7-4-11(5-8-12)6-9-13(23)22-16-14(15(19)24)20-10-21-16/h4-5,7-8,10H,6,9H2,1-3H3,(H2,19,24)(H,20,21)(H,22,23). The van der Waals surface area contributed by atoms with Gasteiger partial charge in [-0.2, -0.15) is 0 Å². The van der Waals surface area contributed by atoms with Crippen LogP contribution in [0.5, 0.6) is 0 Å². The molecule has 1 aromatic carbocycles. The lowest BCUT2D eigenvalue weighted by Gasteiger charge is -2.19. The second-order valence-corrected chi connectivity index (χ2v) is 6.74. The van der Waals surface area contributed by atoms with Crippen LogP contribution in [-0.4, -0.2) is 33.4 Å². The molecular formula is C18H22N4O4. The molecule has 2 amide bonds. The summed E-state index contributed by atoms with van der Waals surface area (Å²) in [7, 11) is 0. The van der Waals surface area contributed by atoms with E-state index in [9.17, 15) is 14.4 Å². The molecule has 0 aliphatic heterocycles. The Kier molecular flexibility index (Phi) is 5.76. The van der Waals surface area contributed by atoms with Gasteiger partial charge < -0.3 is 20.8 Å². The van der Waals surface area contributed by atoms with Crippen LogP contribution < -0.4 is 11.1 Å². The smallest absolute Gasteiger partial charge is 0.338 e. The molecule has 4 N–H and O–H groups in total. The molecule has 0 fully saturated rings. The number of hydrogen-bond acceptors (Lipinski definition) is 5. The summed E-state index contributed by atoms with van der Waals surface area (Å²) in [6.07, 6.45) is 1.94. The van der Waals surface area contributed by atoms with Crippen molar-refractivity contribution in [2.45, 2.75) is 39.2 Å². The van der Waals surface area contributed by atoms with E-state index in [-0.39, 0.29) is 29.8 Å². The molecule has 1 heterocycles. The predicted octanol–water partition coefficient (Wildman–Crippen LogP) is 2.04. The minimum absolute atomic E-state index is 0.0556. The first kappa shape index (κ1) is 19.2. The first-order valence-electron chi connectivity index (χ1n) is 8.11. The first-order valence-corrected chi connectivity index (χ1v) is 8.11. The average molecular weight is 358 g/mol. The highest BCUT2D eigenvalue weighted by molar-refractivity contribution is 6.00. The number of hydrogen-bond donors (Lipinski definition) is 3. The number of rotatable bonds is 6. The van der Waals surface area contributed by atoms with E-state index in [1.54, 1.807) is 45.0 Å². The summed E-state index contributed by atoms with van der Waals surface area (Å²) >= 11 is 0. The Hall–Kier alpha value is -3.16. The van der Waals surface area contributed by atoms with Crippen molar-refractivity contribution in [3.05, 3.63) is 47.4 Å². The highest BCUT2D eigenvalue weighted by Gasteiger charge is 2.18. The Morgan fingerprint density at radius 2 is 1.85 bits per heavy atom. The number of ether oxygens (including phenoxy) is 1. The molecule has 0 bridgehead atoms. The van der Waals surface area contributed by atoms with Gasteiger partial charge in [-0.25, -0.2) is 9.78 Å². The van der Waals surface area contributed by atoms with Gasteiger partial charge in [-0.3, -0.25) is 9.59 Å². The lowest BCUT2D eigenvalue weighted by atomic mass is 10.1. The predicted molar refractivity (Wildman–Crippen MR) is 95.7 cm³/mol. The van der Waals surface area contributed by atoms with Gasteiger partial charge in [0.25, 0.3) is 5.91 Å². The van der Waals surface area contributed by atoms with Gasteiger partial charge in [-0.1, -0.05) is 12.1 Å². The van der Waals surface area contributed by atoms with E-state index in [1.807, 2.05) is 0 Å². The molecule has 8 nitrogen and oxygen atoms in total. The van der Waals surface area contributed by atoms with Crippen LogP contribution in [0.25, 0.3) is 0 Å². The molecule has 2 rings (SSSR count). The second kappa shape index (κ2) is 7.81. The summed E-state index contributed by atoms with van der Waals surface area (Å²) in [4.78, 5) is 41.6. The number of aromatic amines is 1. The molecule has 0 aliphatic carbocycles. The van der Waals surface area contributed by atoms with Crippen molar-refractivity contribution < 1.29 is 19.1 Å². The lowest BCUT2D eigenvalue weighted by molar-refractivity contribution is -0.116. The van der Waals surface area contributed by atoms with Gasteiger partial charge in [0.15, 0.2) is 5.82 Å². The molecule has 0 unspecified atom stereocenters. The molecule has 8 heteroatoms. The van der Waals surface area contributed by atoms with Crippen LogP contribution in [0.15, 0.2) is 30.6 Å². The third kappa shape index (κ3) is 5.44. The minimum Gasteiger partial charge on any atom is -0.456 e. The van der Waals surface area contributed by atoms with Crippen LogP contribution >= 0.6 is 0 Å². The number of nitrogens with one attached hydrogen (secondary N) is 2. The quantitative estimate of drug-likeness (QED) is 0.681. The lowest BCUT2D eigenvalue weighted by Crippen LogP contribution is -2.23. The van der Waals surface area contributed by atoms with E-state index in [4.69, 9.17) is 10.5 Å². The van der Waals surface area contributed by atoms with Crippen molar-refractivity contribution in [1.29, 1.82) is 0 Å². The van der Waals surface area contributed by atoms with Crippen molar-refractivity contribution in [1.82, 2.24) is 9.97 Å². The normalized spacial score (nSPS) is 11.0. The van der Waals surface area contributed by atoms with E-state index in [0.29, 0.717) is 12.0 Å². The van der Waals surface area contributed by atoms with Gasteiger partial charge in [0.05, 0.1) is 11.9 Å². The largest absolute Gasteiger partial charge is 0.456 e. The maximum Gasteiger partial charge on any atom is 0.338 e. The van der Waals surface area contributed by atoms with Crippen molar-refractivity contribution >= 4 is 23.6 Å². The van der Waals surface area contributed by atoms with Crippen LogP contribution in [0.4, 0.5) is 5.82 Å². The number of nitrogens with two attached hydrogens (primary N) is 1. The maximum absolute atomic E-state index is 12.0. The zero-order valence-corrected chi connectivity index (χ0v) is 15.0. The Morgan fingerprint density at radius 3 is 2.42 bits per heavy atom. The van der Waals surface area contributed by atoms with Crippen LogP contribution in [-0.2, 0) is 16.0 Å². The number of carbonyl (C=O) groups excluding carboxylic acids is 3. The van der Waals surface area contributed by atoms with E-state index >= 15 is 0 Å². The van der Waals surface area contributed by atoms with Gasteiger partial charge in [-0.05, 0) is 44.9 Å². The van der Waals surface area contributed by atoms with Gasteiger partial charge in [0.1, 0.15) is 11.3 Å². The van der Waals surface area contributed by atoms with Crippen LogP contribution in [0.2, 0.25) is 0 Å². The molecule has 1 aromatic heterocycles. The number of aryl methyl sites for hydroxylation is 1. The maximum atomic E-state index is 12.0. The number of nitrogens with zero attached hydrogens (tertiary/aromatic N) is 1. The zero-order valence-electron chi connectivity index (χ0n) is 15.0. The van der Waals surface area contributed by atoms with Gasteiger partial charge >= 0.3 is 5.97 Å². The molecule has 0 atom stereocenters. The fraction of sp³-hybridized carbons (Fsp3) is 0.333. The zero-order chi connectivity index (χ0) is 19.3. The summed E-state index contributed by atoms with van der Waals surface area (Å²) in [5, 5.41) is 2.54. The SMILES string of the molecule is CC(C)(C)OC(=O)c1ccc(CCC(=O)Nc2nc[nH]c2C(N)=O)cc1. The Labute approximate surface area is 151 Å². The third-order valence-electron chi connectivity index (χ3n) is 3.37. The monoisotopic (exact) mass is 358 g/mol. The molecule has 0 saturated heterocycles. The Balaban J connectivity index is 1.89. The number of carbonyl (C=O) groups is 3. The topological polar surface area (TPSA) is 127 Å². The number of primary amides is 1. The minimum atomic E-state index is -0.699. The Morgan fingerprint density at radius 1 is 1.19 bits per heavy atom. The molecule has 26 heavy (non-hydrogen) atoms. The molecule has 138 valence electrons. The number of benzene rings is 1. The first-order chi connectivity index (χ1) is 12.2. The summed E-state index contributed by atoms with van der Waals surface area (Å²) < 4.78 is 5.30. The summed E-state index contributed by atoms with van der Waals surface area (Å²) in [6.45, 7) is 5.42. The van der Waals surface area contributed by atoms with Crippen LogP contribution in [0.1, 0.15) is 53.6 Å². The number of imidazole rings is 1. The van der Waals surface area contributed by atoms with E-state index in [0.717, 1.165) is 5.56 Å². The van der Waals surface area contributed by atoms with Crippen LogP contribution in [0, 0.1) is 0 Å². The van der Waals surface area contributed by atoms with Gasteiger partial charge in [-0.15, -0.1) is 0 Å². The molecule has 2 aromatic rings. The molecular weight excluding hydrogens is 336 g/mol. The van der Waals surface area contributed by atoms with E-state index in [1.165, 1.54) is 6.33 Å². The molecule has 0 spiro atoms. The van der Waals surface area contributed by atoms with Gasteiger partial charge in [0.2, 0.25) is 5.91 Å². The molecule has 0 aliphatic rings. The number of anilines is 1. The summed E-state index contributed by atoms with van der Waals surface area (Å²) in [6, 6.07) is 6.88. The second-order valence-electron chi connectivity index (χ2n) is 6.74. The fourth-order valence-electron chi connectivity index (χ4n) is 2.17. The third-order valence-corrected chi connectivity index (χ3v) is 3.37. The number of amides is 2. The molecule has 0 radical (unpaired) electrons. The van der Waals surface area contributed by atoms with Gasteiger partial charge in [0, 0.05) is 6.42 Å². The highest BCUT2D eigenvalue weighted by atomic mass is 16.6. The summed E-state index contributed by atoms with van der Waals surface area (Å²) in [5.74, 6) is -1.27. The summed E-state index contributed by atoms with van der Waals surface area (Å²) in [5.41, 5.74) is 6.03. The van der Waals surface area contributed by atoms with Crippen molar-refractivity contribution in [2.24, 2.45) is 5.73 Å². The number of aromatic nitrogens is 2. The highest BCUT2D eigenvalue weighted by Crippen LogP contribution is 2.14. The Bertz CT molecular complexity index is 803. The number of esters is 1. The van der Waals surface area contributed by atoms with E-state index < -0.39 is 11.5 Å². The van der Waals surface area contributed by atoms with Crippen molar-refractivity contribution in [2.75, 3.05) is 5.32 Å². The average Bonchev–Trinajstić information content (AvgIpc) is 3.00. The number of H-pyrrole nitrogens is 1. The van der Waals surface area contributed by atoms with Crippen molar-refractivity contribution in [3.63, 3.8) is 0 Å².